The number of carbonyl (C=O) groups is 1. The van der Waals surface area contributed by atoms with E-state index in [0.717, 1.165) is 10.7 Å². The predicted molar refractivity (Wildman–Crippen MR) is 73.3 cm³/mol. The Morgan fingerprint density at radius 1 is 1.44 bits per heavy atom. The quantitative estimate of drug-likeness (QED) is 0.851. The number of rotatable bonds is 4. The second-order valence-electron chi connectivity index (χ2n) is 4.67. The second kappa shape index (κ2) is 6.18. The van der Waals surface area contributed by atoms with Crippen LogP contribution in [0.1, 0.15) is 55.1 Å². The van der Waals surface area contributed by atoms with Gasteiger partial charge in [0.05, 0.1) is 12.3 Å². The summed E-state index contributed by atoms with van der Waals surface area (Å²) in [6, 6.07) is 0.478. The number of nitrogens with one attached hydrogen (secondary N) is 1. The highest BCUT2D eigenvalue weighted by molar-refractivity contribution is 7.10. The van der Waals surface area contributed by atoms with E-state index in [2.05, 4.69) is 9.69 Å². The molecule has 1 aliphatic carbocycles. The molecule has 0 saturated heterocycles. The van der Waals surface area contributed by atoms with Gasteiger partial charge in [-0.3, -0.25) is 0 Å². The first-order chi connectivity index (χ1) is 8.72. The summed E-state index contributed by atoms with van der Waals surface area (Å²) in [5, 5.41) is 4.34. The summed E-state index contributed by atoms with van der Waals surface area (Å²) in [5.41, 5.74) is 1.38. The fourth-order valence-electron chi connectivity index (χ4n) is 2.34. The Bertz CT molecular complexity index is 411. The molecule has 4 nitrogen and oxygen atoms in total. The van der Waals surface area contributed by atoms with E-state index in [4.69, 9.17) is 4.74 Å². The van der Waals surface area contributed by atoms with Crippen LogP contribution in [-0.2, 0) is 4.74 Å². The smallest absolute Gasteiger partial charge is 0.343 e. The number of anilines is 1. The first-order valence-electron chi connectivity index (χ1n) is 6.62. The third-order valence-corrected chi connectivity index (χ3v) is 4.15. The minimum absolute atomic E-state index is 0.262. The van der Waals surface area contributed by atoms with Gasteiger partial charge >= 0.3 is 5.97 Å². The summed E-state index contributed by atoms with van der Waals surface area (Å²) >= 11 is 1.36. The van der Waals surface area contributed by atoms with Gasteiger partial charge in [-0.05, 0) is 38.2 Å². The number of nitrogens with zero attached hydrogens (tertiary/aromatic N) is 1. The number of carbonyl (C=O) groups excluding carboxylic acids is 1. The maximum Gasteiger partial charge on any atom is 0.343 e. The zero-order valence-electron chi connectivity index (χ0n) is 11.0. The number of aryl methyl sites for hydroxylation is 1. The van der Waals surface area contributed by atoms with Gasteiger partial charge in [0.15, 0.2) is 0 Å². The van der Waals surface area contributed by atoms with Crippen LogP contribution >= 0.6 is 11.5 Å². The molecule has 2 rings (SSSR count). The largest absolute Gasteiger partial charge is 0.462 e. The summed E-state index contributed by atoms with van der Waals surface area (Å²) in [6.45, 7) is 4.08. The molecule has 0 radical (unpaired) electrons. The summed E-state index contributed by atoms with van der Waals surface area (Å²) < 4.78 is 9.35. The molecule has 0 aliphatic heterocycles. The van der Waals surface area contributed by atoms with Gasteiger partial charge in [-0.25, -0.2) is 4.79 Å². The van der Waals surface area contributed by atoms with Crippen molar-refractivity contribution in [1.82, 2.24) is 4.37 Å². The van der Waals surface area contributed by atoms with E-state index >= 15 is 0 Å². The van der Waals surface area contributed by atoms with Crippen molar-refractivity contribution in [3.8, 4) is 0 Å². The molecule has 0 amide bonds. The van der Waals surface area contributed by atoms with Crippen LogP contribution < -0.4 is 5.32 Å². The van der Waals surface area contributed by atoms with Crippen molar-refractivity contribution in [2.24, 2.45) is 0 Å². The average molecular weight is 268 g/mol. The van der Waals surface area contributed by atoms with Crippen molar-refractivity contribution < 1.29 is 9.53 Å². The lowest BCUT2D eigenvalue weighted by molar-refractivity contribution is 0.0527. The molecule has 18 heavy (non-hydrogen) atoms. The van der Waals surface area contributed by atoms with Gasteiger partial charge in [-0.15, -0.1) is 0 Å². The number of hydrogen-bond acceptors (Lipinski definition) is 5. The summed E-state index contributed by atoms with van der Waals surface area (Å²) in [4.78, 5) is 11.9. The lowest BCUT2D eigenvalue weighted by atomic mass is 9.95. The lowest BCUT2D eigenvalue weighted by Gasteiger charge is -2.23. The number of hydrogen-bond donors (Lipinski definition) is 1. The number of esters is 1. The molecule has 1 aliphatic rings. The van der Waals surface area contributed by atoms with Crippen molar-refractivity contribution in [2.45, 2.75) is 52.0 Å². The molecule has 0 atom stereocenters. The van der Waals surface area contributed by atoms with Crippen molar-refractivity contribution in [2.75, 3.05) is 11.9 Å². The zero-order valence-corrected chi connectivity index (χ0v) is 11.8. The minimum Gasteiger partial charge on any atom is -0.462 e. The number of ether oxygens (including phenoxy) is 1. The SMILES string of the molecule is CCOC(=O)c1c(C)nsc1NC1CCCCC1. The fourth-order valence-corrected chi connectivity index (χ4v) is 3.21. The Labute approximate surface area is 112 Å². The lowest BCUT2D eigenvalue weighted by Crippen LogP contribution is -2.23. The first kappa shape index (κ1) is 13.3. The summed E-state index contributed by atoms with van der Waals surface area (Å²) in [5.74, 6) is -0.262. The van der Waals surface area contributed by atoms with Crippen molar-refractivity contribution in [3.05, 3.63) is 11.3 Å². The van der Waals surface area contributed by atoms with Gasteiger partial charge < -0.3 is 10.1 Å². The van der Waals surface area contributed by atoms with Crippen LogP contribution in [0.25, 0.3) is 0 Å². The normalized spacial score (nSPS) is 16.6. The highest BCUT2D eigenvalue weighted by Crippen LogP contribution is 2.29. The molecular weight excluding hydrogens is 248 g/mol. The third-order valence-electron chi connectivity index (χ3n) is 3.28. The van der Waals surface area contributed by atoms with Gasteiger partial charge in [0.2, 0.25) is 0 Å². The van der Waals surface area contributed by atoms with Crippen LogP contribution in [0.2, 0.25) is 0 Å². The molecule has 1 aromatic heterocycles. The average Bonchev–Trinajstić information content (AvgIpc) is 2.72. The molecule has 100 valence electrons. The van der Waals surface area contributed by atoms with Gasteiger partial charge in [0.1, 0.15) is 10.6 Å². The van der Waals surface area contributed by atoms with Crippen LogP contribution in [-0.4, -0.2) is 23.0 Å². The van der Waals surface area contributed by atoms with Gasteiger partial charge in [-0.1, -0.05) is 19.3 Å². The van der Waals surface area contributed by atoms with Crippen molar-refractivity contribution in [3.63, 3.8) is 0 Å². The topological polar surface area (TPSA) is 51.2 Å². The van der Waals surface area contributed by atoms with Crippen LogP contribution in [0.4, 0.5) is 5.00 Å². The fraction of sp³-hybridized carbons (Fsp3) is 0.692. The molecule has 0 bridgehead atoms. The van der Waals surface area contributed by atoms with E-state index in [9.17, 15) is 4.79 Å². The molecule has 5 heteroatoms. The highest BCUT2D eigenvalue weighted by atomic mass is 32.1. The molecule has 1 fully saturated rings. The van der Waals surface area contributed by atoms with E-state index in [-0.39, 0.29) is 5.97 Å². The molecule has 0 unspecified atom stereocenters. The summed E-state index contributed by atoms with van der Waals surface area (Å²) in [6.07, 6.45) is 6.22. The zero-order chi connectivity index (χ0) is 13.0. The van der Waals surface area contributed by atoms with Crippen LogP contribution in [0.3, 0.4) is 0 Å². The minimum atomic E-state index is -0.262. The van der Waals surface area contributed by atoms with E-state index in [1.165, 1.54) is 43.6 Å². The number of aromatic nitrogens is 1. The van der Waals surface area contributed by atoms with Crippen LogP contribution in [0.5, 0.6) is 0 Å². The molecule has 1 heterocycles. The van der Waals surface area contributed by atoms with E-state index in [1.807, 2.05) is 13.8 Å². The van der Waals surface area contributed by atoms with Gasteiger partial charge in [0.25, 0.3) is 0 Å². The Hall–Kier alpha value is -1.10. The monoisotopic (exact) mass is 268 g/mol. The van der Waals surface area contributed by atoms with Gasteiger partial charge in [0, 0.05) is 6.04 Å². The van der Waals surface area contributed by atoms with Crippen LogP contribution in [0.15, 0.2) is 0 Å². The van der Waals surface area contributed by atoms with Gasteiger partial charge in [-0.2, -0.15) is 4.37 Å². The molecule has 0 spiro atoms. The predicted octanol–water partition coefficient (Wildman–Crippen LogP) is 3.37. The molecule has 1 saturated carbocycles. The van der Waals surface area contributed by atoms with Crippen LogP contribution in [0, 0.1) is 6.92 Å². The molecule has 1 aromatic rings. The first-order valence-corrected chi connectivity index (χ1v) is 7.39. The Kier molecular flexibility index (Phi) is 4.58. The summed E-state index contributed by atoms with van der Waals surface area (Å²) in [7, 11) is 0. The third kappa shape index (κ3) is 3.02. The Balaban J connectivity index is 2.09. The second-order valence-corrected chi connectivity index (χ2v) is 5.45. The Morgan fingerprint density at radius 3 is 2.83 bits per heavy atom. The standard InChI is InChI=1S/C13H20N2O2S/c1-3-17-13(16)11-9(2)15-18-12(11)14-10-7-5-4-6-8-10/h10,14H,3-8H2,1-2H3. The molecule has 1 N–H and O–H groups in total. The highest BCUT2D eigenvalue weighted by Gasteiger charge is 2.22. The molecule has 0 aromatic carbocycles. The van der Waals surface area contributed by atoms with E-state index < -0.39 is 0 Å². The maximum absolute atomic E-state index is 11.9. The Morgan fingerprint density at radius 2 is 2.17 bits per heavy atom. The maximum atomic E-state index is 11.9. The van der Waals surface area contributed by atoms with Crippen molar-refractivity contribution in [1.29, 1.82) is 0 Å². The van der Waals surface area contributed by atoms with E-state index in [1.54, 1.807) is 0 Å². The molecular formula is C13H20N2O2S. The van der Waals surface area contributed by atoms with Crippen molar-refractivity contribution >= 4 is 22.5 Å². The van der Waals surface area contributed by atoms with E-state index in [0.29, 0.717) is 18.2 Å².